The Bertz CT molecular complexity index is 585. The average molecular weight is 255 g/mol. The molecule has 3 nitrogen and oxygen atoms in total. The molecule has 3 heteroatoms. The van der Waals surface area contributed by atoms with E-state index in [1.807, 2.05) is 6.20 Å². The molecule has 2 aromatic rings. The minimum Gasteiger partial charge on any atom is -0.330 e. The molecule has 19 heavy (non-hydrogen) atoms. The van der Waals surface area contributed by atoms with Crippen molar-refractivity contribution in [1.82, 2.24) is 9.55 Å². The predicted molar refractivity (Wildman–Crippen MR) is 77.1 cm³/mol. The number of nitrogens with zero attached hydrogens (tertiary/aromatic N) is 2. The average Bonchev–Trinajstić information content (AvgIpc) is 2.80. The highest BCUT2D eigenvalue weighted by Gasteiger charge is 2.23. The van der Waals surface area contributed by atoms with Crippen LogP contribution in [0.15, 0.2) is 24.4 Å². The van der Waals surface area contributed by atoms with Gasteiger partial charge >= 0.3 is 0 Å². The predicted octanol–water partition coefficient (Wildman–Crippen LogP) is 2.69. The molecule has 1 aliphatic rings. The molecule has 0 spiro atoms. The van der Waals surface area contributed by atoms with Gasteiger partial charge in [0.25, 0.3) is 0 Å². The number of rotatable bonds is 2. The van der Waals surface area contributed by atoms with Crippen molar-refractivity contribution in [2.24, 2.45) is 5.73 Å². The Kier molecular flexibility index (Phi) is 3.15. The summed E-state index contributed by atoms with van der Waals surface area (Å²) in [4.78, 5) is 4.42. The molecule has 1 atom stereocenters. The van der Waals surface area contributed by atoms with Gasteiger partial charge in [-0.25, -0.2) is 4.98 Å². The molecule has 0 fully saturated rings. The fraction of sp³-hybridized carbons (Fsp3) is 0.438. The third-order valence-electron chi connectivity index (χ3n) is 4.22. The third kappa shape index (κ3) is 2.19. The van der Waals surface area contributed by atoms with Crippen LogP contribution in [-0.2, 0) is 19.5 Å². The summed E-state index contributed by atoms with van der Waals surface area (Å²) in [5, 5.41) is 0. The summed E-state index contributed by atoms with van der Waals surface area (Å²) in [5.41, 5.74) is 11.3. The molecule has 3 rings (SSSR count). The van der Waals surface area contributed by atoms with Gasteiger partial charge in [-0.1, -0.05) is 23.8 Å². The Morgan fingerprint density at radius 1 is 1.37 bits per heavy atom. The first-order valence-electron chi connectivity index (χ1n) is 6.99. The maximum atomic E-state index is 5.77. The fourth-order valence-corrected chi connectivity index (χ4v) is 3.21. The van der Waals surface area contributed by atoms with E-state index in [1.165, 1.54) is 28.8 Å². The first kappa shape index (κ1) is 12.4. The number of hydrogen-bond acceptors (Lipinski definition) is 2. The zero-order chi connectivity index (χ0) is 13.4. The van der Waals surface area contributed by atoms with E-state index in [1.54, 1.807) is 0 Å². The molecule has 0 aliphatic carbocycles. The van der Waals surface area contributed by atoms with E-state index in [9.17, 15) is 0 Å². The van der Waals surface area contributed by atoms with Crippen molar-refractivity contribution < 1.29 is 0 Å². The van der Waals surface area contributed by atoms with Crippen molar-refractivity contribution in [3.05, 3.63) is 52.6 Å². The molecule has 1 unspecified atom stereocenters. The molecule has 1 aromatic heterocycles. The summed E-state index contributed by atoms with van der Waals surface area (Å²) in [7, 11) is 0. The van der Waals surface area contributed by atoms with Gasteiger partial charge in [0.2, 0.25) is 0 Å². The fourth-order valence-electron chi connectivity index (χ4n) is 3.21. The Morgan fingerprint density at radius 2 is 2.21 bits per heavy atom. The van der Waals surface area contributed by atoms with Crippen molar-refractivity contribution in [3.63, 3.8) is 0 Å². The van der Waals surface area contributed by atoms with E-state index in [4.69, 9.17) is 5.73 Å². The number of imidazole rings is 1. The Balaban J connectivity index is 1.92. The van der Waals surface area contributed by atoms with E-state index < -0.39 is 0 Å². The first-order valence-corrected chi connectivity index (χ1v) is 6.99. The topological polar surface area (TPSA) is 43.8 Å². The number of aromatic nitrogens is 2. The molecule has 2 N–H and O–H groups in total. The lowest BCUT2D eigenvalue weighted by Gasteiger charge is -2.27. The zero-order valence-corrected chi connectivity index (χ0v) is 11.7. The quantitative estimate of drug-likeness (QED) is 0.896. The van der Waals surface area contributed by atoms with Crippen molar-refractivity contribution in [3.8, 4) is 0 Å². The van der Waals surface area contributed by atoms with Crippen LogP contribution in [0.4, 0.5) is 0 Å². The van der Waals surface area contributed by atoms with Gasteiger partial charge in [0.15, 0.2) is 0 Å². The Hall–Kier alpha value is -1.61. The van der Waals surface area contributed by atoms with Gasteiger partial charge in [-0.2, -0.15) is 0 Å². The molecule has 1 aromatic carbocycles. The molecule has 1 aliphatic heterocycles. The number of aryl methyl sites for hydroxylation is 3. The standard InChI is InChI=1S/C16H21N3/c1-11-3-6-15(12(2)7-11)13-4-5-14-9-18-16(8-17)19(14)10-13/h3,6-7,9,13H,4-5,8,10,17H2,1-2H3. The molecule has 100 valence electrons. The SMILES string of the molecule is Cc1ccc(C2CCc3cnc(CN)n3C2)c(C)c1. The summed E-state index contributed by atoms with van der Waals surface area (Å²) in [5.74, 6) is 1.61. The summed E-state index contributed by atoms with van der Waals surface area (Å²) < 4.78 is 2.31. The Labute approximate surface area is 114 Å². The van der Waals surface area contributed by atoms with Crippen LogP contribution in [0.3, 0.4) is 0 Å². The van der Waals surface area contributed by atoms with Crippen LogP contribution in [0.25, 0.3) is 0 Å². The van der Waals surface area contributed by atoms with Gasteiger partial charge < -0.3 is 10.3 Å². The number of nitrogens with two attached hydrogens (primary N) is 1. The molecule has 0 saturated heterocycles. The van der Waals surface area contributed by atoms with E-state index in [2.05, 4.69) is 41.6 Å². The second-order valence-electron chi connectivity index (χ2n) is 5.58. The van der Waals surface area contributed by atoms with Crippen LogP contribution in [0.1, 0.15) is 40.5 Å². The van der Waals surface area contributed by atoms with Crippen LogP contribution < -0.4 is 5.73 Å². The number of benzene rings is 1. The molecule has 0 saturated carbocycles. The molecule has 2 heterocycles. The van der Waals surface area contributed by atoms with Crippen LogP contribution in [0.5, 0.6) is 0 Å². The maximum Gasteiger partial charge on any atom is 0.122 e. The lowest BCUT2D eigenvalue weighted by Crippen LogP contribution is -2.22. The molecular formula is C16H21N3. The van der Waals surface area contributed by atoms with Crippen LogP contribution in [0, 0.1) is 13.8 Å². The minimum atomic E-state index is 0.527. The highest BCUT2D eigenvalue weighted by atomic mass is 15.1. The maximum absolute atomic E-state index is 5.77. The molecule has 0 bridgehead atoms. The van der Waals surface area contributed by atoms with Crippen molar-refractivity contribution in [2.45, 2.75) is 45.7 Å². The molecule has 0 radical (unpaired) electrons. The van der Waals surface area contributed by atoms with E-state index in [0.29, 0.717) is 12.5 Å². The van der Waals surface area contributed by atoms with Crippen LogP contribution in [0.2, 0.25) is 0 Å². The second kappa shape index (κ2) is 4.82. The summed E-state index contributed by atoms with van der Waals surface area (Å²) in [6, 6.07) is 6.79. The van der Waals surface area contributed by atoms with Crippen LogP contribution >= 0.6 is 0 Å². The van der Waals surface area contributed by atoms with E-state index >= 15 is 0 Å². The lowest BCUT2D eigenvalue weighted by molar-refractivity contribution is 0.450. The summed E-state index contributed by atoms with van der Waals surface area (Å²) in [6.45, 7) is 5.92. The summed E-state index contributed by atoms with van der Waals surface area (Å²) in [6.07, 6.45) is 4.30. The molecule has 0 amide bonds. The normalized spacial score (nSPS) is 18.4. The lowest BCUT2D eigenvalue weighted by atomic mass is 9.87. The number of hydrogen-bond donors (Lipinski definition) is 1. The molecular weight excluding hydrogens is 234 g/mol. The van der Waals surface area contributed by atoms with Crippen molar-refractivity contribution >= 4 is 0 Å². The van der Waals surface area contributed by atoms with E-state index in [0.717, 1.165) is 18.8 Å². The summed E-state index contributed by atoms with van der Waals surface area (Å²) >= 11 is 0. The zero-order valence-electron chi connectivity index (χ0n) is 11.7. The van der Waals surface area contributed by atoms with Gasteiger partial charge in [0, 0.05) is 24.4 Å². The third-order valence-corrected chi connectivity index (χ3v) is 4.22. The number of fused-ring (bicyclic) bond motifs is 1. The van der Waals surface area contributed by atoms with Gasteiger partial charge in [0.05, 0.1) is 6.54 Å². The Morgan fingerprint density at radius 3 is 2.95 bits per heavy atom. The second-order valence-corrected chi connectivity index (χ2v) is 5.58. The monoisotopic (exact) mass is 255 g/mol. The van der Waals surface area contributed by atoms with Crippen LogP contribution in [-0.4, -0.2) is 9.55 Å². The smallest absolute Gasteiger partial charge is 0.122 e. The minimum absolute atomic E-state index is 0.527. The van der Waals surface area contributed by atoms with Gasteiger partial charge in [-0.05, 0) is 37.8 Å². The van der Waals surface area contributed by atoms with Gasteiger partial charge in [-0.15, -0.1) is 0 Å². The highest BCUT2D eigenvalue weighted by Crippen LogP contribution is 2.31. The van der Waals surface area contributed by atoms with Gasteiger partial charge in [0.1, 0.15) is 5.82 Å². The largest absolute Gasteiger partial charge is 0.330 e. The highest BCUT2D eigenvalue weighted by molar-refractivity contribution is 5.34. The van der Waals surface area contributed by atoms with Crippen molar-refractivity contribution in [1.29, 1.82) is 0 Å². The van der Waals surface area contributed by atoms with E-state index in [-0.39, 0.29) is 0 Å². The first-order chi connectivity index (χ1) is 9.19. The van der Waals surface area contributed by atoms with Crippen molar-refractivity contribution in [2.75, 3.05) is 0 Å². The van der Waals surface area contributed by atoms with Gasteiger partial charge in [-0.3, -0.25) is 0 Å².